The second-order valence-electron chi connectivity index (χ2n) is 6.25. The van der Waals surface area contributed by atoms with Gasteiger partial charge in [0.1, 0.15) is 5.75 Å². The lowest BCUT2D eigenvalue weighted by atomic mass is 9.77. The van der Waals surface area contributed by atoms with Crippen molar-refractivity contribution >= 4 is 5.97 Å². The number of rotatable bonds is 5. The molecule has 0 unspecified atom stereocenters. The van der Waals surface area contributed by atoms with Crippen LogP contribution in [0.15, 0.2) is 36.4 Å². The van der Waals surface area contributed by atoms with E-state index in [0.29, 0.717) is 17.2 Å². The van der Waals surface area contributed by atoms with Crippen LogP contribution in [0.2, 0.25) is 0 Å². The van der Waals surface area contributed by atoms with Crippen LogP contribution in [0.4, 0.5) is 0 Å². The number of hydrogen-bond donors (Lipinski definition) is 0. The molecule has 1 aromatic carbocycles. The van der Waals surface area contributed by atoms with Crippen molar-refractivity contribution in [2.24, 2.45) is 5.92 Å². The Balaban J connectivity index is 1.91. The maximum atomic E-state index is 11.5. The fourth-order valence-electron chi connectivity index (χ4n) is 3.19. The molecule has 114 valence electrons. The summed E-state index contributed by atoms with van der Waals surface area (Å²) in [4.78, 5) is 11.5. The highest BCUT2D eigenvalue weighted by atomic mass is 16.5. The molecule has 21 heavy (non-hydrogen) atoms. The van der Waals surface area contributed by atoms with E-state index in [1.54, 1.807) is 6.92 Å². The monoisotopic (exact) mass is 286 g/mol. The van der Waals surface area contributed by atoms with E-state index in [0.717, 1.165) is 5.92 Å². The topological polar surface area (TPSA) is 26.3 Å². The lowest BCUT2D eigenvalue weighted by Gasteiger charge is -2.28. The zero-order chi connectivity index (χ0) is 15.2. The second-order valence-corrected chi connectivity index (χ2v) is 6.25. The molecule has 2 nitrogen and oxygen atoms in total. The Morgan fingerprint density at radius 3 is 2.33 bits per heavy atom. The summed E-state index contributed by atoms with van der Waals surface area (Å²) in [5.74, 6) is 1.85. The molecule has 0 aliphatic heterocycles. The van der Waals surface area contributed by atoms with Gasteiger partial charge in [-0.3, -0.25) is 0 Å². The smallest absolute Gasteiger partial charge is 0.338 e. The third kappa shape index (κ3) is 4.45. The Bertz CT molecular complexity index is 479. The van der Waals surface area contributed by atoms with E-state index < -0.39 is 0 Å². The van der Waals surface area contributed by atoms with Gasteiger partial charge in [0.25, 0.3) is 0 Å². The fraction of sp³-hybridized carbons (Fsp3) is 0.526. The number of carbonyl (C=O) groups excluding carboxylic acids is 1. The average Bonchev–Trinajstić information content (AvgIpc) is 2.49. The molecular weight excluding hydrogens is 260 g/mol. The van der Waals surface area contributed by atoms with Crippen LogP contribution in [-0.2, 0) is 4.79 Å². The molecule has 2 rings (SSSR count). The van der Waals surface area contributed by atoms with Gasteiger partial charge >= 0.3 is 5.97 Å². The summed E-state index contributed by atoms with van der Waals surface area (Å²) in [5, 5.41) is 0. The third-order valence-corrected chi connectivity index (χ3v) is 4.45. The van der Waals surface area contributed by atoms with Crippen LogP contribution in [0.25, 0.3) is 0 Å². The lowest BCUT2D eigenvalue weighted by molar-refractivity contribution is -0.130. The van der Waals surface area contributed by atoms with E-state index in [-0.39, 0.29) is 5.97 Å². The largest absolute Gasteiger partial charge is 0.423 e. The minimum atomic E-state index is -0.358. The van der Waals surface area contributed by atoms with Crippen LogP contribution in [-0.4, -0.2) is 5.97 Å². The molecule has 2 heteroatoms. The first-order valence-corrected chi connectivity index (χ1v) is 8.07. The van der Waals surface area contributed by atoms with Crippen LogP contribution in [0.5, 0.6) is 5.75 Å². The van der Waals surface area contributed by atoms with Gasteiger partial charge < -0.3 is 4.74 Å². The predicted molar refractivity (Wildman–Crippen MR) is 86.5 cm³/mol. The Labute approximate surface area is 128 Å². The van der Waals surface area contributed by atoms with Crippen molar-refractivity contribution in [2.45, 2.75) is 58.3 Å². The number of hydrogen-bond acceptors (Lipinski definition) is 2. The molecule has 1 aromatic rings. The number of carbonyl (C=O) groups is 1. The van der Waals surface area contributed by atoms with Crippen molar-refractivity contribution in [1.29, 1.82) is 0 Å². The highest BCUT2D eigenvalue weighted by Gasteiger charge is 2.21. The molecule has 0 aromatic heterocycles. The maximum absolute atomic E-state index is 11.5. The van der Waals surface area contributed by atoms with Crippen molar-refractivity contribution < 1.29 is 9.53 Å². The number of ether oxygens (including phenoxy) is 1. The first-order chi connectivity index (χ1) is 10.1. The summed E-state index contributed by atoms with van der Waals surface area (Å²) in [6.45, 7) is 7.52. The van der Waals surface area contributed by atoms with E-state index >= 15 is 0 Å². The quantitative estimate of drug-likeness (QED) is 0.420. The first-order valence-electron chi connectivity index (χ1n) is 8.07. The maximum Gasteiger partial charge on any atom is 0.338 e. The third-order valence-electron chi connectivity index (χ3n) is 4.45. The minimum absolute atomic E-state index is 0.358. The molecule has 0 bridgehead atoms. The van der Waals surface area contributed by atoms with Crippen molar-refractivity contribution in [3.63, 3.8) is 0 Å². The summed E-state index contributed by atoms with van der Waals surface area (Å²) in [7, 11) is 0. The molecule has 0 atom stereocenters. The van der Waals surface area contributed by atoms with Crippen LogP contribution in [0.3, 0.4) is 0 Å². The molecule has 0 N–H and O–H groups in total. The zero-order valence-corrected chi connectivity index (χ0v) is 13.2. The standard InChI is InChI=1S/C19H26O2/c1-4-5-15-6-8-16(9-7-15)17-10-12-18(13-11-17)21-19(20)14(2)3/h10-13,15-16H,2,4-9H2,1,3H3. The molecule has 1 aliphatic carbocycles. The highest BCUT2D eigenvalue weighted by Crippen LogP contribution is 2.37. The molecular formula is C19H26O2. The molecule has 0 amide bonds. The lowest BCUT2D eigenvalue weighted by Crippen LogP contribution is -2.13. The molecule has 0 spiro atoms. The van der Waals surface area contributed by atoms with Gasteiger partial charge in [0, 0.05) is 5.57 Å². The van der Waals surface area contributed by atoms with E-state index in [9.17, 15) is 4.79 Å². The SMILES string of the molecule is C=C(C)C(=O)Oc1ccc(C2CCC(CCC)CC2)cc1. The summed E-state index contributed by atoms with van der Waals surface area (Å²) in [6, 6.07) is 8.00. The number of benzene rings is 1. The van der Waals surface area contributed by atoms with Gasteiger partial charge in [-0.25, -0.2) is 4.79 Å². The van der Waals surface area contributed by atoms with Gasteiger partial charge in [-0.15, -0.1) is 0 Å². The molecule has 0 radical (unpaired) electrons. The van der Waals surface area contributed by atoms with Crippen LogP contribution < -0.4 is 4.74 Å². The highest BCUT2D eigenvalue weighted by molar-refractivity contribution is 5.88. The average molecular weight is 286 g/mol. The zero-order valence-electron chi connectivity index (χ0n) is 13.2. The van der Waals surface area contributed by atoms with Crippen molar-refractivity contribution in [3.8, 4) is 5.75 Å². The van der Waals surface area contributed by atoms with Crippen LogP contribution in [0, 0.1) is 5.92 Å². The van der Waals surface area contributed by atoms with E-state index in [2.05, 4.69) is 25.6 Å². The summed E-state index contributed by atoms with van der Waals surface area (Å²) < 4.78 is 5.23. The van der Waals surface area contributed by atoms with E-state index in [1.165, 1.54) is 44.1 Å². The van der Waals surface area contributed by atoms with Crippen molar-refractivity contribution in [2.75, 3.05) is 0 Å². The number of esters is 1. The molecule has 1 saturated carbocycles. The Morgan fingerprint density at radius 2 is 1.81 bits per heavy atom. The molecule has 1 fully saturated rings. The van der Waals surface area contributed by atoms with Crippen molar-refractivity contribution in [3.05, 3.63) is 42.0 Å². The molecule has 0 saturated heterocycles. The molecule has 0 heterocycles. The Morgan fingerprint density at radius 1 is 1.19 bits per heavy atom. The van der Waals surface area contributed by atoms with Crippen LogP contribution >= 0.6 is 0 Å². The van der Waals surface area contributed by atoms with Gasteiger partial charge in [0.2, 0.25) is 0 Å². The van der Waals surface area contributed by atoms with Gasteiger partial charge in [-0.1, -0.05) is 38.5 Å². The van der Waals surface area contributed by atoms with E-state index in [4.69, 9.17) is 4.74 Å². The van der Waals surface area contributed by atoms with Gasteiger partial charge in [0.15, 0.2) is 0 Å². The van der Waals surface area contributed by atoms with Crippen molar-refractivity contribution in [1.82, 2.24) is 0 Å². The normalized spacial score (nSPS) is 21.8. The summed E-state index contributed by atoms with van der Waals surface area (Å²) >= 11 is 0. The first kappa shape index (κ1) is 15.8. The van der Waals surface area contributed by atoms with Gasteiger partial charge in [-0.2, -0.15) is 0 Å². The van der Waals surface area contributed by atoms with E-state index in [1.807, 2.05) is 12.1 Å². The fourth-order valence-corrected chi connectivity index (χ4v) is 3.19. The summed E-state index contributed by atoms with van der Waals surface area (Å²) in [6.07, 6.45) is 7.96. The summed E-state index contributed by atoms with van der Waals surface area (Å²) in [5.41, 5.74) is 1.80. The molecule has 1 aliphatic rings. The van der Waals surface area contributed by atoms with Gasteiger partial charge in [-0.05, 0) is 62.1 Å². The second kappa shape index (κ2) is 7.44. The Hall–Kier alpha value is -1.57. The van der Waals surface area contributed by atoms with Gasteiger partial charge in [0.05, 0.1) is 0 Å². The Kier molecular flexibility index (Phi) is 5.60. The predicted octanol–water partition coefficient (Wildman–Crippen LogP) is 5.24. The minimum Gasteiger partial charge on any atom is -0.423 e. The van der Waals surface area contributed by atoms with Crippen LogP contribution in [0.1, 0.15) is 63.9 Å².